The number of nitrogens with zero attached hydrogens (tertiary/aromatic N) is 4. The lowest BCUT2D eigenvalue weighted by Crippen LogP contribution is -2.22. The molecule has 22 heavy (non-hydrogen) atoms. The standard InChI is InChI=1S/C15H20N6O/c1-5-10-7-13(20-21-14(10)15(22)16-4)19-12-8-11(6-2)17-9(3)18-12/h7-8H,5-6H2,1-4H3,(H,16,22)(H,17,18,19,20). The highest BCUT2D eigenvalue weighted by molar-refractivity contribution is 5.93. The zero-order chi connectivity index (χ0) is 16.1. The Kier molecular flexibility index (Phi) is 4.98. The zero-order valence-corrected chi connectivity index (χ0v) is 13.3. The van der Waals surface area contributed by atoms with E-state index in [-0.39, 0.29) is 5.91 Å². The van der Waals surface area contributed by atoms with Gasteiger partial charge in [-0.1, -0.05) is 13.8 Å². The number of carbonyl (C=O) groups excluding carboxylic acids is 1. The minimum absolute atomic E-state index is 0.234. The van der Waals surface area contributed by atoms with Gasteiger partial charge in [0.15, 0.2) is 11.5 Å². The molecule has 0 aliphatic heterocycles. The smallest absolute Gasteiger partial charge is 0.271 e. The number of aryl methyl sites for hydroxylation is 3. The molecule has 1 amide bonds. The van der Waals surface area contributed by atoms with Gasteiger partial charge in [-0.15, -0.1) is 10.2 Å². The number of hydrogen-bond acceptors (Lipinski definition) is 6. The minimum atomic E-state index is -0.234. The topological polar surface area (TPSA) is 92.7 Å². The lowest BCUT2D eigenvalue weighted by atomic mass is 10.1. The van der Waals surface area contributed by atoms with Gasteiger partial charge >= 0.3 is 0 Å². The van der Waals surface area contributed by atoms with Gasteiger partial charge in [-0.05, 0) is 31.4 Å². The van der Waals surface area contributed by atoms with E-state index in [1.807, 2.05) is 32.9 Å². The molecule has 0 atom stereocenters. The second-order valence-electron chi connectivity index (χ2n) is 4.81. The summed E-state index contributed by atoms with van der Waals surface area (Å²) in [6.45, 7) is 5.86. The molecule has 0 saturated heterocycles. The Hall–Kier alpha value is -2.57. The van der Waals surface area contributed by atoms with Crippen molar-refractivity contribution < 1.29 is 4.79 Å². The van der Waals surface area contributed by atoms with Crippen LogP contribution < -0.4 is 10.6 Å². The molecule has 0 fully saturated rings. The van der Waals surface area contributed by atoms with Crippen LogP contribution in [-0.2, 0) is 12.8 Å². The summed E-state index contributed by atoms with van der Waals surface area (Å²) in [6, 6.07) is 3.70. The van der Waals surface area contributed by atoms with Crippen LogP contribution in [0.25, 0.3) is 0 Å². The van der Waals surface area contributed by atoms with Crippen LogP contribution in [0.15, 0.2) is 12.1 Å². The van der Waals surface area contributed by atoms with Crippen LogP contribution in [0, 0.1) is 6.92 Å². The maximum Gasteiger partial charge on any atom is 0.271 e. The van der Waals surface area contributed by atoms with Crippen molar-refractivity contribution in [3.05, 3.63) is 34.9 Å². The van der Waals surface area contributed by atoms with Crippen LogP contribution in [-0.4, -0.2) is 33.1 Å². The molecule has 2 aromatic heterocycles. The molecule has 7 heteroatoms. The average Bonchev–Trinajstić information content (AvgIpc) is 2.53. The first kappa shape index (κ1) is 15.8. The average molecular weight is 300 g/mol. The van der Waals surface area contributed by atoms with Crippen LogP contribution in [0.5, 0.6) is 0 Å². The van der Waals surface area contributed by atoms with Gasteiger partial charge in [-0.3, -0.25) is 4.79 Å². The fourth-order valence-electron chi connectivity index (χ4n) is 2.08. The quantitative estimate of drug-likeness (QED) is 0.874. The minimum Gasteiger partial charge on any atom is -0.354 e. The predicted octanol–water partition coefficient (Wildman–Crippen LogP) is 1.80. The Labute approximate surface area is 129 Å². The monoisotopic (exact) mass is 300 g/mol. The summed E-state index contributed by atoms with van der Waals surface area (Å²) < 4.78 is 0. The summed E-state index contributed by atoms with van der Waals surface area (Å²) >= 11 is 0. The molecular weight excluding hydrogens is 280 g/mol. The first-order chi connectivity index (χ1) is 10.6. The number of hydrogen-bond donors (Lipinski definition) is 2. The van der Waals surface area contributed by atoms with E-state index in [1.165, 1.54) is 0 Å². The second-order valence-corrected chi connectivity index (χ2v) is 4.81. The fraction of sp³-hybridized carbons (Fsp3) is 0.400. The van der Waals surface area contributed by atoms with Crippen LogP contribution in [0.2, 0.25) is 0 Å². The van der Waals surface area contributed by atoms with E-state index in [0.717, 1.165) is 17.7 Å². The van der Waals surface area contributed by atoms with Crippen molar-refractivity contribution in [2.45, 2.75) is 33.6 Å². The molecule has 7 nitrogen and oxygen atoms in total. The van der Waals surface area contributed by atoms with Gasteiger partial charge in [0.25, 0.3) is 5.91 Å². The van der Waals surface area contributed by atoms with Gasteiger partial charge in [0.1, 0.15) is 11.6 Å². The number of anilines is 2. The van der Waals surface area contributed by atoms with E-state index >= 15 is 0 Å². The highest BCUT2D eigenvalue weighted by Gasteiger charge is 2.13. The number of nitrogens with one attached hydrogen (secondary N) is 2. The van der Waals surface area contributed by atoms with Crippen LogP contribution in [0.3, 0.4) is 0 Å². The summed E-state index contributed by atoms with van der Waals surface area (Å²) in [5.41, 5.74) is 2.14. The molecule has 0 aromatic carbocycles. The third-order valence-corrected chi connectivity index (χ3v) is 3.21. The highest BCUT2D eigenvalue weighted by Crippen LogP contribution is 2.16. The van der Waals surface area contributed by atoms with Crippen molar-refractivity contribution >= 4 is 17.5 Å². The number of amides is 1. The van der Waals surface area contributed by atoms with Crippen molar-refractivity contribution in [2.24, 2.45) is 0 Å². The number of rotatable bonds is 5. The Morgan fingerprint density at radius 2 is 1.86 bits per heavy atom. The van der Waals surface area contributed by atoms with E-state index in [9.17, 15) is 4.79 Å². The molecule has 2 N–H and O–H groups in total. The second kappa shape index (κ2) is 6.93. The van der Waals surface area contributed by atoms with Crippen molar-refractivity contribution in [3.8, 4) is 0 Å². The molecule has 116 valence electrons. The number of aromatic nitrogens is 4. The van der Waals surface area contributed by atoms with Crippen molar-refractivity contribution in [2.75, 3.05) is 12.4 Å². The Morgan fingerprint density at radius 1 is 1.09 bits per heavy atom. The lowest BCUT2D eigenvalue weighted by Gasteiger charge is -2.09. The van der Waals surface area contributed by atoms with Gasteiger partial charge < -0.3 is 10.6 Å². The first-order valence-electron chi connectivity index (χ1n) is 7.27. The molecule has 0 spiro atoms. The third-order valence-electron chi connectivity index (χ3n) is 3.21. The molecule has 2 aromatic rings. The molecule has 0 radical (unpaired) electrons. The van der Waals surface area contributed by atoms with Gasteiger partial charge in [0.2, 0.25) is 0 Å². The van der Waals surface area contributed by atoms with Crippen molar-refractivity contribution in [1.29, 1.82) is 0 Å². The summed E-state index contributed by atoms with van der Waals surface area (Å²) in [5, 5.41) is 13.8. The largest absolute Gasteiger partial charge is 0.354 e. The zero-order valence-electron chi connectivity index (χ0n) is 13.3. The molecule has 0 bridgehead atoms. The molecule has 0 aliphatic rings. The van der Waals surface area contributed by atoms with E-state index in [1.54, 1.807) is 7.05 Å². The van der Waals surface area contributed by atoms with E-state index in [0.29, 0.717) is 29.6 Å². The van der Waals surface area contributed by atoms with Gasteiger partial charge in [0.05, 0.1) is 0 Å². The van der Waals surface area contributed by atoms with Gasteiger partial charge in [0, 0.05) is 18.8 Å². The maximum absolute atomic E-state index is 11.7. The number of carbonyl (C=O) groups is 1. The van der Waals surface area contributed by atoms with Gasteiger partial charge in [-0.2, -0.15) is 0 Å². The van der Waals surface area contributed by atoms with E-state index < -0.39 is 0 Å². The lowest BCUT2D eigenvalue weighted by molar-refractivity contribution is 0.0956. The summed E-state index contributed by atoms with van der Waals surface area (Å²) in [6.07, 6.45) is 1.52. The molecular formula is C15H20N6O. The maximum atomic E-state index is 11.7. The summed E-state index contributed by atoms with van der Waals surface area (Å²) in [4.78, 5) is 20.4. The Morgan fingerprint density at radius 3 is 2.50 bits per heavy atom. The van der Waals surface area contributed by atoms with Crippen molar-refractivity contribution in [1.82, 2.24) is 25.5 Å². The third kappa shape index (κ3) is 3.55. The van der Waals surface area contributed by atoms with Crippen LogP contribution in [0.4, 0.5) is 11.6 Å². The molecule has 0 saturated carbocycles. The van der Waals surface area contributed by atoms with E-state index in [2.05, 4.69) is 30.8 Å². The Balaban J connectivity index is 2.30. The van der Waals surface area contributed by atoms with E-state index in [4.69, 9.17) is 0 Å². The molecule has 2 heterocycles. The van der Waals surface area contributed by atoms with Crippen LogP contribution in [0.1, 0.15) is 41.4 Å². The molecule has 0 aliphatic carbocycles. The summed E-state index contributed by atoms with van der Waals surface area (Å²) in [5.74, 6) is 1.70. The normalized spacial score (nSPS) is 10.4. The van der Waals surface area contributed by atoms with Gasteiger partial charge in [-0.25, -0.2) is 9.97 Å². The SMILES string of the molecule is CCc1cc(Nc2cc(CC)c(C(=O)NC)nn2)nc(C)n1. The Bertz CT molecular complexity index is 686. The highest BCUT2D eigenvalue weighted by atomic mass is 16.1. The summed E-state index contributed by atoms with van der Waals surface area (Å²) in [7, 11) is 1.57. The molecule has 0 unspecified atom stereocenters. The fourth-order valence-corrected chi connectivity index (χ4v) is 2.08. The molecule has 2 rings (SSSR count). The first-order valence-corrected chi connectivity index (χ1v) is 7.27. The van der Waals surface area contributed by atoms with Crippen LogP contribution >= 0.6 is 0 Å². The van der Waals surface area contributed by atoms with Crippen molar-refractivity contribution in [3.63, 3.8) is 0 Å². The predicted molar refractivity (Wildman–Crippen MR) is 84.2 cm³/mol.